The van der Waals surface area contributed by atoms with Crippen molar-refractivity contribution in [1.82, 2.24) is 9.88 Å². The summed E-state index contributed by atoms with van der Waals surface area (Å²) in [5, 5.41) is 2.95. The molecule has 0 amide bonds. The Bertz CT molecular complexity index is 265. The predicted octanol–water partition coefficient (Wildman–Crippen LogP) is 0.817. The molecule has 12 heavy (non-hydrogen) atoms. The van der Waals surface area contributed by atoms with Crippen molar-refractivity contribution in [2.75, 3.05) is 13.6 Å². The van der Waals surface area contributed by atoms with Crippen LogP contribution in [0.5, 0.6) is 0 Å². The minimum Gasteiger partial charge on any atom is -0.357 e. The average molecular weight is 166 g/mol. The molecule has 0 radical (unpaired) electrons. The van der Waals surface area contributed by atoms with Gasteiger partial charge >= 0.3 is 0 Å². The lowest BCUT2D eigenvalue weighted by Gasteiger charge is -1.96. The molecule has 0 aliphatic rings. The minimum absolute atomic E-state index is 0.199. The van der Waals surface area contributed by atoms with Crippen molar-refractivity contribution in [2.45, 2.75) is 6.42 Å². The fraction of sp³-hybridized carbons (Fsp3) is 0.444. The molecule has 0 aliphatic carbocycles. The van der Waals surface area contributed by atoms with E-state index in [0.29, 0.717) is 6.42 Å². The SMILES string of the molecule is CNCCC(=O)c1ccn(C)c1. The Labute approximate surface area is 72.4 Å². The van der Waals surface area contributed by atoms with E-state index < -0.39 is 0 Å². The molecule has 3 heteroatoms. The number of aromatic nitrogens is 1. The summed E-state index contributed by atoms with van der Waals surface area (Å²) in [6.45, 7) is 0.744. The molecular formula is C9H14N2O. The lowest BCUT2D eigenvalue weighted by atomic mass is 10.2. The monoisotopic (exact) mass is 166 g/mol. The van der Waals surface area contributed by atoms with Crippen molar-refractivity contribution in [3.05, 3.63) is 24.0 Å². The smallest absolute Gasteiger partial charge is 0.165 e. The van der Waals surface area contributed by atoms with E-state index in [0.717, 1.165) is 12.1 Å². The van der Waals surface area contributed by atoms with E-state index in [2.05, 4.69) is 5.32 Å². The lowest BCUT2D eigenvalue weighted by Crippen LogP contribution is -2.12. The van der Waals surface area contributed by atoms with Gasteiger partial charge in [-0.15, -0.1) is 0 Å². The van der Waals surface area contributed by atoms with Crippen LogP contribution < -0.4 is 5.32 Å². The largest absolute Gasteiger partial charge is 0.357 e. The molecule has 0 aromatic carbocycles. The van der Waals surface area contributed by atoms with E-state index in [1.165, 1.54) is 0 Å². The van der Waals surface area contributed by atoms with Gasteiger partial charge in [0.1, 0.15) is 0 Å². The third-order valence-corrected chi connectivity index (χ3v) is 1.76. The molecule has 1 aromatic heterocycles. The molecule has 0 bridgehead atoms. The zero-order valence-corrected chi connectivity index (χ0v) is 7.50. The summed E-state index contributed by atoms with van der Waals surface area (Å²) >= 11 is 0. The van der Waals surface area contributed by atoms with Gasteiger partial charge in [-0.1, -0.05) is 0 Å². The normalized spacial score (nSPS) is 10.2. The second kappa shape index (κ2) is 4.07. The summed E-state index contributed by atoms with van der Waals surface area (Å²) in [4.78, 5) is 11.4. The van der Waals surface area contributed by atoms with Crippen LogP contribution in [0.3, 0.4) is 0 Å². The molecule has 1 heterocycles. The van der Waals surface area contributed by atoms with Gasteiger partial charge in [-0.25, -0.2) is 0 Å². The van der Waals surface area contributed by atoms with Crippen molar-refractivity contribution >= 4 is 5.78 Å². The van der Waals surface area contributed by atoms with E-state index in [4.69, 9.17) is 0 Å². The number of nitrogens with zero attached hydrogens (tertiary/aromatic N) is 1. The number of hydrogen-bond acceptors (Lipinski definition) is 2. The maximum atomic E-state index is 11.4. The topological polar surface area (TPSA) is 34.0 Å². The van der Waals surface area contributed by atoms with E-state index in [1.807, 2.05) is 37.1 Å². The van der Waals surface area contributed by atoms with Crippen LogP contribution in [-0.4, -0.2) is 23.9 Å². The highest BCUT2D eigenvalue weighted by atomic mass is 16.1. The number of hydrogen-bond donors (Lipinski definition) is 1. The minimum atomic E-state index is 0.199. The van der Waals surface area contributed by atoms with Crippen LogP contribution >= 0.6 is 0 Å². The van der Waals surface area contributed by atoms with Gasteiger partial charge in [0.2, 0.25) is 0 Å². The molecule has 66 valence electrons. The molecule has 3 nitrogen and oxygen atoms in total. The number of Topliss-reactive ketones (excluding diaryl/α,β-unsaturated/α-hetero) is 1. The zero-order chi connectivity index (χ0) is 8.97. The van der Waals surface area contributed by atoms with E-state index >= 15 is 0 Å². The van der Waals surface area contributed by atoms with Crippen molar-refractivity contribution in [3.8, 4) is 0 Å². The summed E-state index contributed by atoms with van der Waals surface area (Å²) < 4.78 is 1.88. The number of ketones is 1. The van der Waals surface area contributed by atoms with E-state index in [9.17, 15) is 4.79 Å². The molecular weight excluding hydrogens is 152 g/mol. The van der Waals surface area contributed by atoms with Crippen molar-refractivity contribution in [3.63, 3.8) is 0 Å². The lowest BCUT2D eigenvalue weighted by molar-refractivity contribution is 0.0983. The van der Waals surface area contributed by atoms with Crippen molar-refractivity contribution < 1.29 is 4.79 Å². The average Bonchev–Trinajstić information content (AvgIpc) is 2.47. The molecule has 0 saturated heterocycles. The first-order chi connectivity index (χ1) is 5.74. The van der Waals surface area contributed by atoms with Crippen molar-refractivity contribution in [2.24, 2.45) is 7.05 Å². The maximum absolute atomic E-state index is 11.4. The fourth-order valence-electron chi connectivity index (χ4n) is 1.05. The highest BCUT2D eigenvalue weighted by Crippen LogP contribution is 2.02. The van der Waals surface area contributed by atoms with Gasteiger partial charge in [-0.3, -0.25) is 4.79 Å². The number of nitrogens with one attached hydrogen (secondary N) is 1. The van der Waals surface area contributed by atoms with Crippen LogP contribution in [0.15, 0.2) is 18.5 Å². The van der Waals surface area contributed by atoms with E-state index in [-0.39, 0.29) is 5.78 Å². The summed E-state index contributed by atoms with van der Waals surface area (Å²) in [7, 11) is 3.76. The number of carbonyl (C=O) groups excluding carboxylic acids is 1. The van der Waals surface area contributed by atoms with Crippen LogP contribution in [0.2, 0.25) is 0 Å². The fourth-order valence-corrected chi connectivity index (χ4v) is 1.05. The second-order valence-electron chi connectivity index (χ2n) is 2.84. The number of rotatable bonds is 4. The van der Waals surface area contributed by atoms with Gasteiger partial charge in [0.15, 0.2) is 5.78 Å². The third kappa shape index (κ3) is 2.20. The van der Waals surface area contributed by atoms with E-state index in [1.54, 1.807) is 0 Å². The molecule has 1 aromatic rings. The highest BCUT2D eigenvalue weighted by Gasteiger charge is 2.04. The third-order valence-electron chi connectivity index (χ3n) is 1.76. The Hall–Kier alpha value is -1.09. The Kier molecular flexibility index (Phi) is 3.05. The van der Waals surface area contributed by atoms with Crippen LogP contribution in [-0.2, 0) is 7.05 Å². The Morgan fingerprint density at radius 1 is 1.67 bits per heavy atom. The Balaban J connectivity index is 2.53. The summed E-state index contributed by atoms with van der Waals surface area (Å²) in [5.41, 5.74) is 0.799. The summed E-state index contributed by atoms with van der Waals surface area (Å²) in [5.74, 6) is 0.199. The number of carbonyl (C=O) groups is 1. The second-order valence-corrected chi connectivity index (χ2v) is 2.84. The molecule has 0 saturated carbocycles. The predicted molar refractivity (Wildman–Crippen MR) is 48.3 cm³/mol. The summed E-state index contributed by atoms with van der Waals surface area (Å²) in [6, 6.07) is 1.85. The molecule has 1 rings (SSSR count). The quantitative estimate of drug-likeness (QED) is 0.672. The van der Waals surface area contributed by atoms with Gasteiger partial charge in [-0.2, -0.15) is 0 Å². The Morgan fingerprint density at radius 2 is 2.42 bits per heavy atom. The van der Waals surface area contributed by atoms with Gasteiger partial charge in [-0.05, 0) is 13.1 Å². The molecule has 0 aliphatic heterocycles. The first kappa shape index (κ1) is 9.00. The first-order valence-electron chi connectivity index (χ1n) is 4.04. The van der Waals surface area contributed by atoms with Crippen LogP contribution in [0, 0.1) is 0 Å². The zero-order valence-electron chi connectivity index (χ0n) is 7.50. The standard InChI is InChI=1S/C9H14N2O/c1-10-5-3-9(12)8-4-6-11(2)7-8/h4,6-7,10H,3,5H2,1-2H3. The van der Waals surface area contributed by atoms with Crippen LogP contribution in [0.1, 0.15) is 16.8 Å². The molecule has 0 unspecified atom stereocenters. The molecule has 0 spiro atoms. The van der Waals surface area contributed by atoms with Gasteiger partial charge in [0.25, 0.3) is 0 Å². The maximum Gasteiger partial charge on any atom is 0.165 e. The molecule has 0 atom stereocenters. The summed E-state index contributed by atoms with van der Waals surface area (Å²) in [6.07, 6.45) is 4.30. The first-order valence-corrected chi connectivity index (χ1v) is 4.04. The van der Waals surface area contributed by atoms with Crippen LogP contribution in [0.25, 0.3) is 0 Å². The van der Waals surface area contributed by atoms with Gasteiger partial charge in [0, 0.05) is 38.0 Å². The molecule has 0 fully saturated rings. The van der Waals surface area contributed by atoms with Gasteiger partial charge in [0.05, 0.1) is 0 Å². The van der Waals surface area contributed by atoms with Crippen molar-refractivity contribution in [1.29, 1.82) is 0 Å². The number of aryl methyl sites for hydroxylation is 1. The van der Waals surface area contributed by atoms with Crippen LogP contribution in [0.4, 0.5) is 0 Å². The van der Waals surface area contributed by atoms with Gasteiger partial charge < -0.3 is 9.88 Å². The Morgan fingerprint density at radius 3 is 2.92 bits per heavy atom. The highest BCUT2D eigenvalue weighted by molar-refractivity contribution is 5.96. The molecule has 1 N–H and O–H groups in total.